The number of carboxylic acids is 1. The fourth-order valence-electron chi connectivity index (χ4n) is 1.96. The Morgan fingerprint density at radius 2 is 2.37 bits per heavy atom. The van der Waals surface area contributed by atoms with Crippen LogP contribution in [0.4, 0.5) is 0 Å². The smallest absolute Gasteiger partial charge is 0.329 e. The maximum atomic E-state index is 12.2. The summed E-state index contributed by atoms with van der Waals surface area (Å²) in [6.45, 7) is 2.51. The lowest BCUT2D eigenvalue weighted by Gasteiger charge is -2.15. The summed E-state index contributed by atoms with van der Waals surface area (Å²) >= 11 is 7.41. The Morgan fingerprint density at radius 3 is 2.95 bits per heavy atom. The Kier molecular flexibility index (Phi) is 4.44. The van der Waals surface area contributed by atoms with Crippen LogP contribution < -0.4 is 0 Å². The van der Waals surface area contributed by atoms with Crippen molar-refractivity contribution in [3.05, 3.63) is 20.8 Å². The molecule has 1 saturated heterocycles. The van der Waals surface area contributed by atoms with E-state index in [2.05, 4.69) is 0 Å². The quantitative estimate of drug-likeness (QED) is 0.924. The number of carbonyl (C=O) groups is 2. The molecule has 0 spiro atoms. The van der Waals surface area contributed by atoms with Crippen LogP contribution in [0.2, 0.25) is 5.02 Å². The lowest BCUT2D eigenvalue weighted by atomic mass is 10.3. The van der Waals surface area contributed by atoms with Gasteiger partial charge < -0.3 is 14.7 Å². The van der Waals surface area contributed by atoms with Crippen molar-refractivity contribution in [3.63, 3.8) is 0 Å². The molecule has 0 saturated carbocycles. The van der Waals surface area contributed by atoms with E-state index in [0.29, 0.717) is 29.4 Å². The summed E-state index contributed by atoms with van der Waals surface area (Å²) in [6.07, 6.45) is 0.445. The Balaban J connectivity index is 1.95. The number of halogens is 1. The summed E-state index contributed by atoms with van der Waals surface area (Å²) in [4.78, 5) is 24.9. The van der Waals surface area contributed by atoms with Gasteiger partial charge in [-0.3, -0.25) is 4.79 Å². The largest absolute Gasteiger partial charge is 0.480 e. The number of aryl methyl sites for hydroxylation is 1. The van der Waals surface area contributed by atoms with Gasteiger partial charge in [-0.25, -0.2) is 4.79 Å². The second-order valence-corrected chi connectivity index (χ2v) is 5.69. The molecule has 1 amide bonds. The average molecular weight is 304 g/mol. The van der Waals surface area contributed by atoms with E-state index in [9.17, 15) is 9.59 Å². The summed E-state index contributed by atoms with van der Waals surface area (Å²) in [5.41, 5.74) is 0.896. The van der Waals surface area contributed by atoms with Crippen LogP contribution >= 0.6 is 22.9 Å². The van der Waals surface area contributed by atoms with Gasteiger partial charge >= 0.3 is 5.97 Å². The second-order valence-electron chi connectivity index (χ2n) is 4.43. The number of amides is 1. The highest BCUT2D eigenvalue weighted by molar-refractivity contribution is 7.13. The van der Waals surface area contributed by atoms with Gasteiger partial charge in [-0.15, -0.1) is 11.3 Å². The predicted molar refractivity (Wildman–Crippen MR) is 72.0 cm³/mol. The zero-order valence-electron chi connectivity index (χ0n) is 10.4. The number of rotatable bonds is 4. The molecular weight excluding hydrogens is 290 g/mol. The molecule has 1 fully saturated rings. The number of carbonyl (C=O) groups excluding carboxylic acids is 1. The summed E-state index contributed by atoms with van der Waals surface area (Å²) in [5.74, 6) is -1.11. The average Bonchev–Trinajstić information content (AvgIpc) is 2.95. The van der Waals surface area contributed by atoms with Crippen molar-refractivity contribution in [2.24, 2.45) is 0 Å². The van der Waals surface area contributed by atoms with E-state index in [-0.39, 0.29) is 18.6 Å². The van der Waals surface area contributed by atoms with Crippen LogP contribution in [-0.4, -0.2) is 47.7 Å². The molecule has 0 unspecified atom stereocenters. The SMILES string of the molecule is Cc1csc(C(=O)N2CC[C@@H](OCC(=O)O)C2)c1Cl. The van der Waals surface area contributed by atoms with Crippen LogP contribution in [-0.2, 0) is 9.53 Å². The normalized spacial score (nSPS) is 18.8. The van der Waals surface area contributed by atoms with Gasteiger partial charge in [0, 0.05) is 13.1 Å². The van der Waals surface area contributed by atoms with Crippen molar-refractivity contribution < 1.29 is 19.4 Å². The minimum Gasteiger partial charge on any atom is -0.480 e. The first-order chi connectivity index (χ1) is 8.99. The Labute approximate surface area is 119 Å². The van der Waals surface area contributed by atoms with Gasteiger partial charge in [-0.1, -0.05) is 11.6 Å². The van der Waals surface area contributed by atoms with E-state index in [0.717, 1.165) is 5.56 Å². The van der Waals surface area contributed by atoms with E-state index >= 15 is 0 Å². The third-order valence-electron chi connectivity index (χ3n) is 2.97. The van der Waals surface area contributed by atoms with Gasteiger partial charge in [0.2, 0.25) is 0 Å². The summed E-state index contributed by atoms with van der Waals surface area (Å²) in [7, 11) is 0. The number of nitrogens with zero attached hydrogens (tertiary/aromatic N) is 1. The lowest BCUT2D eigenvalue weighted by molar-refractivity contribution is -0.144. The lowest BCUT2D eigenvalue weighted by Crippen LogP contribution is -2.30. The molecule has 0 bridgehead atoms. The van der Waals surface area contributed by atoms with Gasteiger partial charge in [-0.2, -0.15) is 0 Å². The number of hydrogen-bond donors (Lipinski definition) is 1. The number of carboxylic acid groups (broad SMARTS) is 1. The maximum absolute atomic E-state index is 12.2. The van der Waals surface area contributed by atoms with Crippen molar-refractivity contribution >= 4 is 34.8 Å². The van der Waals surface area contributed by atoms with E-state index in [4.69, 9.17) is 21.4 Å². The first kappa shape index (κ1) is 14.3. The molecular formula is C12H14ClNO4S. The molecule has 104 valence electrons. The molecule has 1 aromatic heterocycles. The molecule has 0 radical (unpaired) electrons. The van der Waals surface area contributed by atoms with E-state index in [1.807, 2.05) is 12.3 Å². The van der Waals surface area contributed by atoms with E-state index in [1.54, 1.807) is 4.90 Å². The molecule has 1 aliphatic heterocycles. The van der Waals surface area contributed by atoms with Crippen molar-refractivity contribution in [1.29, 1.82) is 0 Å². The molecule has 0 aromatic carbocycles. The zero-order chi connectivity index (χ0) is 14.0. The monoisotopic (exact) mass is 303 g/mol. The van der Waals surface area contributed by atoms with Crippen molar-refractivity contribution in [2.45, 2.75) is 19.4 Å². The maximum Gasteiger partial charge on any atom is 0.329 e. The fourth-order valence-corrected chi connectivity index (χ4v) is 3.20. The fraction of sp³-hybridized carbons (Fsp3) is 0.500. The summed E-state index contributed by atoms with van der Waals surface area (Å²) in [5, 5.41) is 10.9. The molecule has 1 N–H and O–H groups in total. The molecule has 5 nitrogen and oxygen atoms in total. The topological polar surface area (TPSA) is 66.8 Å². The third-order valence-corrected chi connectivity index (χ3v) is 4.65. The van der Waals surface area contributed by atoms with Gasteiger partial charge in [0.05, 0.1) is 11.1 Å². The van der Waals surface area contributed by atoms with Crippen molar-refractivity contribution in [1.82, 2.24) is 4.90 Å². The summed E-state index contributed by atoms with van der Waals surface area (Å²) in [6, 6.07) is 0. The van der Waals surface area contributed by atoms with Gasteiger partial charge in [0.25, 0.3) is 5.91 Å². The highest BCUT2D eigenvalue weighted by atomic mass is 35.5. The minimum atomic E-state index is -0.998. The number of thiophene rings is 1. The second kappa shape index (κ2) is 5.90. The first-order valence-corrected chi connectivity index (χ1v) is 7.11. The van der Waals surface area contributed by atoms with Crippen LogP contribution in [0.3, 0.4) is 0 Å². The van der Waals surface area contributed by atoms with Crippen LogP contribution in [0.5, 0.6) is 0 Å². The number of hydrogen-bond acceptors (Lipinski definition) is 4. The summed E-state index contributed by atoms with van der Waals surface area (Å²) < 4.78 is 5.19. The Bertz CT molecular complexity index is 502. The zero-order valence-corrected chi connectivity index (χ0v) is 12.0. The predicted octanol–water partition coefficient (Wildman–Crippen LogP) is 2.03. The molecule has 7 heteroatoms. The van der Waals surface area contributed by atoms with Crippen molar-refractivity contribution in [2.75, 3.05) is 19.7 Å². The van der Waals surface area contributed by atoms with Gasteiger partial charge in [-0.05, 0) is 24.3 Å². The molecule has 1 aromatic rings. The van der Waals surface area contributed by atoms with E-state index in [1.165, 1.54) is 11.3 Å². The van der Waals surface area contributed by atoms with Gasteiger partial charge in [0.1, 0.15) is 11.5 Å². The number of likely N-dealkylation sites (tertiary alicyclic amines) is 1. The van der Waals surface area contributed by atoms with Crippen LogP contribution in [0.25, 0.3) is 0 Å². The molecule has 2 heterocycles. The molecule has 1 atom stereocenters. The minimum absolute atomic E-state index is 0.107. The first-order valence-electron chi connectivity index (χ1n) is 5.85. The van der Waals surface area contributed by atoms with Crippen LogP contribution in [0.15, 0.2) is 5.38 Å². The Morgan fingerprint density at radius 1 is 1.63 bits per heavy atom. The van der Waals surface area contributed by atoms with Crippen LogP contribution in [0.1, 0.15) is 21.7 Å². The molecule has 0 aliphatic carbocycles. The van der Waals surface area contributed by atoms with Crippen LogP contribution in [0, 0.1) is 6.92 Å². The highest BCUT2D eigenvalue weighted by Gasteiger charge is 2.29. The standard InChI is InChI=1S/C12H14ClNO4S/c1-7-6-19-11(10(7)13)12(17)14-3-2-8(4-14)18-5-9(15)16/h6,8H,2-5H2,1H3,(H,15,16)/t8-/m1/s1. The van der Waals surface area contributed by atoms with Crippen molar-refractivity contribution in [3.8, 4) is 0 Å². The molecule has 19 heavy (non-hydrogen) atoms. The number of aliphatic carboxylic acids is 1. The molecule has 1 aliphatic rings. The van der Waals surface area contributed by atoms with Gasteiger partial charge in [0.15, 0.2) is 0 Å². The third kappa shape index (κ3) is 3.26. The van der Waals surface area contributed by atoms with E-state index < -0.39 is 5.97 Å². The highest BCUT2D eigenvalue weighted by Crippen LogP contribution is 2.29. The molecule has 2 rings (SSSR count). The Hall–Kier alpha value is -1.11. The number of ether oxygens (including phenoxy) is 1.